The number of benzene rings is 2. The summed E-state index contributed by atoms with van der Waals surface area (Å²) < 4.78 is 54.9. The largest absolute Gasteiger partial charge is 0.481 e. The molecule has 2 saturated carbocycles. The lowest BCUT2D eigenvalue weighted by Crippen LogP contribution is -2.21. The standard InChI is InChI=1S/C43H42ClF3N4O5/c1-55-39-27(14-15-42(16-17-42)41(53)54)21-35(43(45,46)47)37(51-39)22-26-9-12-32-30(26)4-2-5-31(32)33-6-3-7-34(38(33)44)36-13-10-28(40(50-36)56-19-18-48)24-49-23-25-8-11-29(52)20-25/h2-7,10,13,21,25-26,49H,8-9,11-12,14-17,19-20,22-24H2,1H3,(H,53,54)/t25-,26-/m1/s1. The second-order valence-electron chi connectivity index (χ2n) is 15.1. The van der Waals surface area contributed by atoms with Crippen molar-refractivity contribution in [2.45, 2.75) is 82.8 Å². The van der Waals surface area contributed by atoms with Gasteiger partial charge in [0.2, 0.25) is 11.8 Å². The van der Waals surface area contributed by atoms with E-state index in [0.717, 1.165) is 40.3 Å². The average Bonchev–Trinajstić information content (AvgIpc) is 3.71. The van der Waals surface area contributed by atoms with Gasteiger partial charge in [0.1, 0.15) is 11.9 Å². The molecule has 2 fully saturated rings. The lowest BCUT2D eigenvalue weighted by Gasteiger charge is -2.20. The summed E-state index contributed by atoms with van der Waals surface area (Å²) in [6.45, 7) is 0.961. The summed E-state index contributed by atoms with van der Waals surface area (Å²) in [4.78, 5) is 32.6. The number of hydrogen-bond acceptors (Lipinski definition) is 8. The van der Waals surface area contributed by atoms with Crippen molar-refractivity contribution in [2.24, 2.45) is 11.3 Å². The van der Waals surface area contributed by atoms with Gasteiger partial charge in [0.05, 0.1) is 34.5 Å². The van der Waals surface area contributed by atoms with Crippen molar-refractivity contribution in [3.8, 4) is 40.2 Å². The lowest BCUT2D eigenvalue weighted by molar-refractivity contribution is -0.143. The molecular formula is C43H42ClF3N4O5. The third kappa shape index (κ3) is 8.25. The molecule has 2 atom stereocenters. The molecule has 2 aromatic carbocycles. The van der Waals surface area contributed by atoms with E-state index in [1.54, 1.807) is 0 Å². The number of nitriles is 1. The molecule has 13 heteroatoms. The number of aryl methyl sites for hydroxylation is 1. The Hall–Kier alpha value is -4.99. The van der Waals surface area contributed by atoms with Crippen LogP contribution >= 0.6 is 11.6 Å². The van der Waals surface area contributed by atoms with Gasteiger partial charge in [-0.1, -0.05) is 54.1 Å². The van der Waals surface area contributed by atoms with Gasteiger partial charge >= 0.3 is 12.1 Å². The summed E-state index contributed by atoms with van der Waals surface area (Å²) >= 11 is 7.15. The Bertz CT molecular complexity index is 2200. The molecule has 2 heterocycles. The number of rotatable bonds is 15. The molecule has 0 aliphatic heterocycles. The maximum atomic E-state index is 14.6. The lowest BCUT2D eigenvalue weighted by atomic mass is 9.90. The maximum Gasteiger partial charge on any atom is 0.418 e. The number of carbonyl (C=O) groups is 2. The average molecular weight is 787 g/mol. The van der Waals surface area contributed by atoms with Crippen molar-refractivity contribution >= 4 is 23.4 Å². The van der Waals surface area contributed by atoms with Crippen LogP contribution in [0.3, 0.4) is 0 Å². The van der Waals surface area contributed by atoms with Crippen LogP contribution < -0.4 is 14.8 Å². The number of nitrogens with one attached hydrogen (secondary N) is 1. The summed E-state index contributed by atoms with van der Waals surface area (Å²) in [6.07, 6.45) is 0.0662. The summed E-state index contributed by atoms with van der Waals surface area (Å²) in [5, 5.41) is 22.7. The van der Waals surface area contributed by atoms with Gasteiger partial charge in [-0.05, 0) is 98.6 Å². The van der Waals surface area contributed by atoms with Crippen LogP contribution in [-0.2, 0) is 41.6 Å². The Balaban J connectivity index is 1.14. The topological polar surface area (TPSA) is 134 Å². The number of carboxylic acids is 1. The minimum atomic E-state index is -4.66. The van der Waals surface area contributed by atoms with E-state index in [1.807, 2.05) is 54.6 Å². The molecule has 2 N–H and O–H groups in total. The van der Waals surface area contributed by atoms with E-state index >= 15 is 0 Å². The van der Waals surface area contributed by atoms with Gasteiger partial charge in [0.15, 0.2) is 6.61 Å². The first-order valence-electron chi connectivity index (χ1n) is 18.9. The van der Waals surface area contributed by atoms with E-state index in [1.165, 1.54) is 7.11 Å². The minimum Gasteiger partial charge on any atom is -0.481 e. The third-order valence-electron chi connectivity index (χ3n) is 11.5. The number of aromatic nitrogens is 2. The molecule has 0 saturated heterocycles. The van der Waals surface area contributed by atoms with Crippen LogP contribution in [0.2, 0.25) is 5.02 Å². The van der Waals surface area contributed by atoms with Crippen LogP contribution in [0, 0.1) is 22.7 Å². The highest BCUT2D eigenvalue weighted by Crippen LogP contribution is 2.50. The molecule has 4 aromatic rings. The van der Waals surface area contributed by atoms with E-state index in [9.17, 15) is 33.1 Å². The van der Waals surface area contributed by atoms with Crippen LogP contribution in [0.25, 0.3) is 22.4 Å². The van der Waals surface area contributed by atoms with Gasteiger partial charge in [0.25, 0.3) is 0 Å². The predicted octanol–water partition coefficient (Wildman–Crippen LogP) is 8.92. The van der Waals surface area contributed by atoms with Crippen molar-refractivity contribution in [3.63, 3.8) is 0 Å². The molecule has 7 rings (SSSR count). The summed E-state index contributed by atoms with van der Waals surface area (Å²) in [5.74, 6) is -0.173. The zero-order valence-corrected chi connectivity index (χ0v) is 31.7. The summed E-state index contributed by atoms with van der Waals surface area (Å²) in [6, 6.07) is 18.3. The molecular weight excluding hydrogens is 745 g/mol. The SMILES string of the molecule is COc1nc(C[C@H]2CCc3c(-c4cccc(-c5ccc(CNC[C@@H]6CCC(=O)C6)c(OCC#N)n5)c4Cl)cccc32)c(C(F)(F)F)cc1CCC1(C(=O)O)CC1. The number of Topliss-reactive ketones (excluding diaryl/α,β-unsaturated/α-hetero) is 1. The Kier molecular flexibility index (Phi) is 11.4. The molecule has 0 unspecified atom stereocenters. The van der Waals surface area contributed by atoms with Gasteiger partial charge < -0.3 is 19.9 Å². The van der Waals surface area contributed by atoms with Crippen LogP contribution in [0.15, 0.2) is 54.6 Å². The van der Waals surface area contributed by atoms with Crippen molar-refractivity contribution in [1.29, 1.82) is 5.26 Å². The van der Waals surface area contributed by atoms with Crippen LogP contribution in [-0.4, -0.2) is 47.1 Å². The number of ketones is 1. The van der Waals surface area contributed by atoms with Gasteiger partial charge in [-0.25, -0.2) is 9.97 Å². The monoisotopic (exact) mass is 786 g/mol. The zero-order valence-electron chi connectivity index (χ0n) is 31.0. The number of methoxy groups -OCH3 is 1. The molecule has 3 aliphatic carbocycles. The fraction of sp³-hybridized carbons (Fsp3) is 0.419. The minimum absolute atomic E-state index is 0.0458. The number of pyridine rings is 2. The fourth-order valence-corrected chi connectivity index (χ4v) is 8.58. The molecule has 0 bridgehead atoms. The summed E-state index contributed by atoms with van der Waals surface area (Å²) in [7, 11) is 1.37. The van der Waals surface area contributed by atoms with Crippen molar-refractivity contribution in [1.82, 2.24) is 15.3 Å². The molecule has 0 amide bonds. The highest BCUT2D eigenvalue weighted by atomic mass is 35.5. The third-order valence-corrected chi connectivity index (χ3v) is 11.9. The highest BCUT2D eigenvalue weighted by molar-refractivity contribution is 6.36. The second kappa shape index (κ2) is 16.2. The molecule has 292 valence electrons. The summed E-state index contributed by atoms with van der Waals surface area (Å²) in [5.41, 5.74) is 4.00. The Morgan fingerprint density at radius 3 is 2.50 bits per heavy atom. The number of ether oxygens (including phenoxy) is 2. The maximum absolute atomic E-state index is 14.6. The second-order valence-corrected chi connectivity index (χ2v) is 15.5. The molecule has 9 nitrogen and oxygen atoms in total. The smallest absolute Gasteiger partial charge is 0.418 e. The number of halogens is 4. The first kappa shape index (κ1) is 39.3. The molecule has 0 radical (unpaired) electrons. The Labute approximate surface area is 328 Å². The quantitative estimate of drug-likeness (QED) is 0.121. The van der Waals surface area contributed by atoms with Crippen molar-refractivity contribution in [3.05, 3.63) is 93.1 Å². The van der Waals surface area contributed by atoms with E-state index in [4.69, 9.17) is 26.1 Å². The first-order valence-corrected chi connectivity index (χ1v) is 19.3. The number of carboxylic acid groups (broad SMARTS) is 1. The number of hydrogen-bond donors (Lipinski definition) is 2. The molecule has 0 spiro atoms. The number of nitrogens with zero attached hydrogens (tertiary/aromatic N) is 3. The molecule has 56 heavy (non-hydrogen) atoms. The van der Waals surface area contributed by atoms with Gasteiger partial charge in [-0.15, -0.1) is 0 Å². The van der Waals surface area contributed by atoms with E-state index in [-0.39, 0.29) is 48.9 Å². The van der Waals surface area contributed by atoms with Crippen molar-refractivity contribution < 1.29 is 37.3 Å². The van der Waals surface area contributed by atoms with Crippen LogP contribution in [0.4, 0.5) is 13.2 Å². The van der Waals surface area contributed by atoms with Gasteiger partial charge in [-0.2, -0.15) is 18.4 Å². The van der Waals surface area contributed by atoms with Gasteiger partial charge in [-0.3, -0.25) is 9.59 Å². The van der Waals surface area contributed by atoms with E-state index < -0.39 is 23.1 Å². The molecule has 3 aliphatic rings. The first-order chi connectivity index (χ1) is 26.9. The predicted molar refractivity (Wildman–Crippen MR) is 203 cm³/mol. The highest BCUT2D eigenvalue weighted by Gasteiger charge is 2.49. The fourth-order valence-electron chi connectivity index (χ4n) is 8.26. The van der Waals surface area contributed by atoms with Crippen molar-refractivity contribution in [2.75, 3.05) is 20.3 Å². The normalized spacial score (nSPS) is 18.4. The number of fused-ring (bicyclic) bond motifs is 1. The Morgan fingerprint density at radius 2 is 1.80 bits per heavy atom. The van der Waals surface area contributed by atoms with Gasteiger partial charge in [0, 0.05) is 41.6 Å². The number of carbonyl (C=O) groups excluding carboxylic acids is 1. The van der Waals surface area contributed by atoms with E-state index in [2.05, 4.69) is 10.3 Å². The number of alkyl halides is 3. The van der Waals surface area contributed by atoms with Crippen LogP contribution in [0.1, 0.15) is 84.4 Å². The van der Waals surface area contributed by atoms with Crippen LogP contribution in [0.5, 0.6) is 11.8 Å². The van der Waals surface area contributed by atoms with E-state index in [0.29, 0.717) is 85.5 Å². The molecule has 2 aromatic heterocycles. The number of aliphatic carboxylic acids is 1. The zero-order chi connectivity index (χ0) is 39.6. The Morgan fingerprint density at radius 1 is 1.04 bits per heavy atom.